The van der Waals surface area contributed by atoms with Gasteiger partial charge in [-0.1, -0.05) is 39.3 Å². The van der Waals surface area contributed by atoms with Gasteiger partial charge in [0, 0.05) is 6.20 Å². The van der Waals surface area contributed by atoms with Gasteiger partial charge in [-0.2, -0.15) is 0 Å². The molecule has 84 valence electrons. The predicted octanol–water partition coefficient (Wildman–Crippen LogP) is 3.97. The average Bonchev–Trinajstić information content (AvgIpc) is 2.68. The van der Waals surface area contributed by atoms with Crippen LogP contribution in [0, 0.1) is 6.92 Å². The van der Waals surface area contributed by atoms with Crippen molar-refractivity contribution in [1.82, 2.24) is 15.0 Å². The van der Waals surface area contributed by atoms with E-state index in [-0.39, 0.29) is 0 Å². The number of hydrogen-bond donors (Lipinski definition) is 1. The summed E-state index contributed by atoms with van der Waals surface area (Å²) in [6, 6.07) is 0. The maximum absolute atomic E-state index is 5.79. The molecule has 2 aromatic rings. The second-order valence-electron chi connectivity index (χ2n) is 2.36. The topological polar surface area (TPSA) is 41.6 Å². The van der Waals surface area contributed by atoms with Gasteiger partial charge in [-0.25, -0.2) is 9.97 Å². The van der Waals surface area contributed by atoms with Gasteiger partial charge in [0.05, 0.1) is 5.52 Å². The van der Waals surface area contributed by atoms with Crippen LogP contribution >= 0.6 is 11.6 Å². The molecule has 0 saturated heterocycles. The SMILES string of the molecule is CC.CC.Cc1c[nH]c2c(Cl)ncnc12. The molecule has 2 rings (SSSR count). The minimum absolute atomic E-state index is 0.475. The Labute approximate surface area is 95.9 Å². The van der Waals surface area contributed by atoms with Crippen molar-refractivity contribution in [1.29, 1.82) is 0 Å². The van der Waals surface area contributed by atoms with E-state index in [1.54, 1.807) is 0 Å². The molecular formula is C11H18ClN3. The fourth-order valence-corrected chi connectivity index (χ4v) is 1.23. The smallest absolute Gasteiger partial charge is 0.156 e. The Kier molecular flexibility index (Phi) is 6.71. The highest BCUT2D eigenvalue weighted by molar-refractivity contribution is 6.33. The fourth-order valence-electron chi connectivity index (χ4n) is 1.04. The molecule has 0 aromatic carbocycles. The third kappa shape index (κ3) is 3.20. The van der Waals surface area contributed by atoms with Gasteiger partial charge < -0.3 is 4.98 Å². The zero-order chi connectivity index (χ0) is 11.8. The Morgan fingerprint density at radius 3 is 2.27 bits per heavy atom. The highest BCUT2D eigenvalue weighted by Crippen LogP contribution is 2.19. The Morgan fingerprint density at radius 2 is 1.73 bits per heavy atom. The highest BCUT2D eigenvalue weighted by atomic mass is 35.5. The second-order valence-corrected chi connectivity index (χ2v) is 2.72. The van der Waals surface area contributed by atoms with Crippen LogP contribution in [0.15, 0.2) is 12.5 Å². The summed E-state index contributed by atoms with van der Waals surface area (Å²) in [7, 11) is 0. The summed E-state index contributed by atoms with van der Waals surface area (Å²) in [5.41, 5.74) is 2.79. The first-order valence-corrected chi connectivity index (χ1v) is 5.61. The molecule has 15 heavy (non-hydrogen) atoms. The minimum Gasteiger partial charge on any atom is -0.357 e. The first-order valence-electron chi connectivity index (χ1n) is 5.23. The van der Waals surface area contributed by atoms with E-state index in [0.717, 1.165) is 16.6 Å². The van der Waals surface area contributed by atoms with Crippen LogP contribution in [-0.4, -0.2) is 15.0 Å². The largest absolute Gasteiger partial charge is 0.357 e. The number of fused-ring (bicyclic) bond motifs is 1. The zero-order valence-corrected chi connectivity index (χ0v) is 10.7. The molecule has 0 amide bonds. The van der Waals surface area contributed by atoms with Crippen molar-refractivity contribution in [3.05, 3.63) is 23.2 Å². The summed E-state index contributed by atoms with van der Waals surface area (Å²) in [6.45, 7) is 9.97. The Balaban J connectivity index is 0.000000442. The van der Waals surface area contributed by atoms with Crippen LogP contribution in [0.25, 0.3) is 11.0 Å². The Bertz CT molecular complexity index is 396. The molecule has 2 aromatic heterocycles. The fraction of sp³-hybridized carbons (Fsp3) is 0.455. The molecule has 4 heteroatoms. The zero-order valence-electron chi connectivity index (χ0n) is 9.93. The van der Waals surface area contributed by atoms with Crippen molar-refractivity contribution < 1.29 is 0 Å². The number of nitrogens with zero attached hydrogens (tertiary/aromatic N) is 2. The number of halogens is 1. The van der Waals surface area contributed by atoms with Gasteiger partial charge in [0.25, 0.3) is 0 Å². The minimum atomic E-state index is 0.475. The summed E-state index contributed by atoms with van der Waals surface area (Å²) < 4.78 is 0. The van der Waals surface area contributed by atoms with Crippen LogP contribution in [0.4, 0.5) is 0 Å². The maximum atomic E-state index is 5.79. The quantitative estimate of drug-likeness (QED) is 0.692. The van der Waals surface area contributed by atoms with Gasteiger partial charge >= 0.3 is 0 Å². The van der Waals surface area contributed by atoms with Crippen LogP contribution in [-0.2, 0) is 0 Å². The molecule has 0 aliphatic carbocycles. The van der Waals surface area contributed by atoms with Crippen LogP contribution in [0.5, 0.6) is 0 Å². The third-order valence-corrected chi connectivity index (χ3v) is 1.89. The molecule has 0 saturated carbocycles. The van der Waals surface area contributed by atoms with E-state index in [0.29, 0.717) is 5.15 Å². The van der Waals surface area contributed by atoms with Gasteiger partial charge in [-0.3, -0.25) is 0 Å². The van der Waals surface area contributed by atoms with Crippen molar-refractivity contribution in [2.24, 2.45) is 0 Å². The van der Waals surface area contributed by atoms with Crippen LogP contribution in [0.3, 0.4) is 0 Å². The molecule has 0 atom stereocenters. The molecule has 3 nitrogen and oxygen atoms in total. The molecule has 0 radical (unpaired) electrons. The van der Waals surface area contributed by atoms with E-state index < -0.39 is 0 Å². The normalized spacial score (nSPS) is 8.67. The summed E-state index contributed by atoms with van der Waals surface area (Å²) in [5.74, 6) is 0. The summed E-state index contributed by atoms with van der Waals surface area (Å²) >= 11 is 5.79. The summed E-state index contributed by atoms with van der Waals surface area (Å²) in [6.07, 6.45) is 3.33. The van der Waals surface area contributed by atoms with Crippen molar-refractivity contribution in [2.75, 3.05) is 0 Å². The van der Waals surface area contributed by atoms with E-state index in [1.807, 2.05) is 40.8 Å². The molecule has 2 heterocycles. The van der Waals surface area contributed by atoms with Crippen molar-refractivity contribution in [3.63, 3.8) is 0 Å². The molecule has 0 fully saturated rings. The highest BCUT2D eigenvalue weighted by Gasteiger charge is 2.03. The van der Waals surface area contributed by atoms with Gasteiger partial charge in [0.15, 0.2) is 5.15 Å². The van der Waals surface area contributed by atoms with Crippen LogP contribution in [0.2, 0.25) is 5.15 Å². The molecule has 0 spiro atoms. The number of rotatable bonds is 0. The van der Waals surface area contributed by atoms with Gasteiger partial charge in [-0.15, -0.1) is 0 Å². The lowest BCUT2D eigenvalue weighted by atomic mass is 10.3. The number of hydrogen-bond acceptors (Lipinski definition) is 2. The lowest BCUT2D eigenvalue weighted by Crippen LogP contribution is -1.80. The van der Waals surface area contributed by atoms with E-state index in [2.05, 4.69) is 15.0 Å². The van der Waals surface area contributed by atoms with Gasteiger partial charge in [0.1, 0.15) is 11.8 Å². The van der Waals surface area contributed by atoms with Crippen LogP contribution < -0.4 is 0 Å². The van der Waals surface area contributed by atoms with Crippen LogP contribution in [0.1, 0.15) is 33.3 Å². The summed E-state index contributed by atoms with van der Waals surface area (Å²) in [4.78, 5) is 10.9. The number of aromatic nitrogens is 3. The second kappa shape index (κ2) is 7.23. The molecule has 0 unspecified atom stereocenters. The lowest BCUT2D eigenvalue weighted by Gasteiger charge is -1.90. The molecule has 0 aliphatic rings. The number of aromatic amines is 1. The predicted molar refractivity (Wildman–Crippen MR) is 66.3 cm³/mol. The molecule has 0 aliphatic heterocycles. The van der Waals surface area contributed by atoms with Gasteiger partial charge in [0.2, 0.25) is 0 Å². The first-order chi connectivity index (χ1) is 7.29. The van der Waals surface area contributed by atoms with Gasteiger partial charge in [-0.05, 0) is 12.5 Å². The van der Waals surface area contributed by atoms with E-state index >= 15 is 0 Å². The van der Waals surface area contributed by atoms with E-state index in [9.17, 15) is 0 Å². The first kappa shape index (κ1) is 13.9. The lowest BCUT2D eigenvalue weighted by molar-refractivity contribution is 1.21. The van der Waals surface area contributed by atoms with Crippen molar-refractivity contribution >= 4 is 22.6 Å². The number of H-pyrrole nitrogens is 1. The summed E-state index contributed by atoms with van der Waals surface area (Å²) in [5, 5.41) is 0.475. The molecular weight excluding hydrogens is 210 g/mol. The Hall–Kier alpha value is -1.09. The third-order valence-electron chi connectivity index (χ3n) is 1.61. The molecule has 0 bridgehead atoms. The Morgan fingerprint density at radius 1 is 1.13 bits per heavy atom. The standard InChI is InChI=1S/C7H6ClN3.2C2H6/c1-4-2-9-6-5(4)10-3-11-7(6)8;2*1-2/h2-3,9H,1H3;2*1-2H3. The average molecular weight is 228 g/mol. The number of nitrogens with one attached hydrogen (secondary N) is 1. The number of aryl methyl sites for hydroxylation is 1. The monoisotopic (exact) mass is 227 g/mol. The molecule has 1 N–H and O–H groups in total. The van der Waals surface area contributed by atoms with Crippen molar-refractivity contribution in [2.45, 2.75) is 34.6 Å². The van der Waals surface area contributed by atoms with E-state index in [4.69, 9.17) is 11.6 Å². The van der Waals surface area contributed by atoms with Crippen molar-refractivity contribution in [3.8, 4) is 0 Å². The maximum Gasteiger partial charge on any atom is 0.156 e. The van der Waals surface area contributed by atoms with E-state index in [1.165, 1.54) is 6.33 Å².